The molecule has 2 fully saturated rings. The van der Waals surface area contributed by atoms with E-state index in [-0.39, 0.29) is 6.54 Å². The van der Waals surface area contributed by atoms with Crippen LogP contribution in [0.2, 0.25) is 0 Å². The van der Waals surface area contributed by atoms with Gasteiger partial charge in [-0.15, -0.1) is 0 Å². The number of primary amides is 1. The quantitative estimate of drug-likeness (QED) is 0.455. The van der Waals surface area contributed by atoms with Gasteiger partial charge in [0.1, 0.15) is 18.3 Å². The van der Waals surface area contributed by atoms with E-state index in [0.29, 0.717) is 23.8 Å². The Morgan fingerprint density at radius 1 is 1.17 bits per heavy atom. The Labute approximate surface area is 172 Å². The average molecular weight is 417 g/mol. The minimum absolute atomic E-state index is 0.0364. The summed E-state index contributed by atoms with van der Waals surface area (Å²) in [4.78, 5) is 60.9. The lowest BCUT2D eigenvalue weighted by Gasteiger charge is -2.36. The molecule has 0 radical (unpaired) electrons. The van der Waals surface area contributed by atoms with Crippen molar-refractivity contribution in [2.45, 2.75) is 31.8 Å². The molecule has 10 heteroatoms. The number of piperidine rings is 1. The minimum atomic E-state index is -1.71. The number of hydrogen-bond acceptors (Lipinski definition) is 6. The molecule has 1 heterocycles. The van der Waals surface area contributed by atoms with Gasteiger partial charge in [0, 0.05) is 13.0 Å². The first-order chi connectivity index (χ1) is 14.3. The maximum atomic E-state index is 12.9. The molecule has 0 spiro atoms. The standard InChI is InChI=1S/C20H23N3O7/c21-18(27)14-7-15(24)17(19(28)22-8-16(25)26)20(29)23(14)9-11-3-5-13(6-4-11)30-10-12-1-2-12/h3-6,12,14,17H,1-2,7-10H2,(H2,21,27)(H,22,28)(H,25,26)/t14-,17?/m1/s1. The number of carboxylic acid groups (broad SMARTS) is 1. The van der Waals surface area contributed by atoms with E-state index in [1.165, 1.54) is 12.8 Å². The summed E-state index contributed by atoms with van der Waals surface area (Å²) in [7, 11) is 0. The van der Waals surface area contributed by atoms with E-state index in [2.05, 4.69) is 0 Å². The first kappa shape index (κ1) is 21.3. The fourth-order valence-corrected chi connectivity index (χ4v) is 3.23. The molecule has 10 nitrogen and oxygen atoms in total. The number of nitrogens with two attached hydrogens (primary N) is 1. The molecule has 1 unspecified atom stereocenters. The minimum Gasteiger partial charge on any atom is -0.493 e. The topological polar surface area (TPSA) is 156 Å². The molecule has 1 aromatic rings. The number of carbonyl (C=O) groups is 5. The van der Waals surface area contributed by atoms with Crippen LogP contribution >= 0.6 is 0 Å². The van der Waals surface area contributed by atoms with Crippen LogP contribution in [0.3, 0.4) is 0 Å². The predicted octanol–water partition coefficient (Wildman–Crippen LogP) is -0.552. The Balaban J connectivity index is 1.72. The molecule has 1 aromatic carbocycles. The largest absolute Gasteiger partial charge is 0.493 e. The fraction of sp³-hybridized carbons (Fsp3) is 0.450. The number of hydrogen-bond donors (Lipinski definition) is 3. The van der Waals surface area contributed by atoms with Gasteiger partial charge in [0.2, 0.25) is 17.7 Å². The lowest BCUT2D eigenvalue weighted by molar-refractivity contribution is -0.158. The third-order valence-electron chi connectivity index (χ3n) is 5.09. The Morgan fingerprint density at radius 3 is 2.40 bits per heavy atom. The zero-order valence-corrected chi connectivity index (χ0v) is 16.2. The smallest absolute Gasteiger partial charge is 0.322 e. The van der Waals surface area contributed by atoms with Gasteiger partial charge in [-0.1, -0.05) is 12.1 Å². The van der Waals surface area contributed by atoms with E-state index in [4.69, 9.17) is 15.6 Å². The zero-order chi connectivity index (χ0) is 21.8. The number of ether oxygens (including phenoxy) is 1. The Kier molecular flexibility index (Phi) is 6.34. The molecule has 2 aliphatic rings. The van der Waals surface area contributed by atoms with Crippen LogP contribution in [-0.2, 0) is 30.5 Å². The normalized spacial score (nSPS) is 21.3. The van der Waals surface area contributed by atoms with E-state index < -0.39 is 54.4 Å². The molecule has 4 N–H and O–H groups in total. The third kappa shape index (κ3) is 5.13. The molecule has 160 valence electrons. The van der Waals surface area contributed by atoms with Crippen LogP contribution in [0.25, 0.3) is 0 Å². The van der Waals surface area contributed by atoms with Gasteiger partial charge >= 0.3 is 5.97 Å². The van der Waals surface area contributed by atoms with Gasteiger partial charge in [-0.25, -0.2) is 0 Å². The van der Waals surface area contributed by atoms with E-state index >= 15 is 0 Å². The van der Waals surface area contributed by atoms with E-state index in [1.807, 2.05) is 5.32 Å². The van der Waals surface area contributed by atoms with Crippen molar-refractivity contribution >= 4 is 29.5 Å². The molecule has 2 atom stereocenters. The Hall–Kier alpha value is -3.43. The molecule has 3 rings (SSSR count). The Bertz CT molecular complexity index is 856. The van der Waals surface area contributed by atoms with Crippen molar-refractivity contribution in [1.29, 1.82) is 0 Å². The van der Waals surface area contributed by atoms with Crippen molar-refractivity contribution in [3.8, 4) is 5.75 Å². The van der Waals surface area contributed by atoms with Gasteiger partial charge in [0.25, 0.3) is 0 Å². The van der Waals surface area contributed by atoms with Gasteiger partial charge in [0.15, 0.2) is 11.7 Å². The van der Waals surface area contributed by atoms with Crippen LogP contribution in [0, 0.1) is 11.8 Å². The van der Waals surface area contributed by atoms with Crippen molar-refractivity contribution in [2.75, 3.05) is 13.2 Å². The number of benzene rings is 1. The van der Waals surface area contributed by atoms with Crippen LogP contribution in [0.1, 0.15) is 24.8 Å². The second-order valence-electron chi connectivity index (χ2n) is 7.50. The molecule has 1 aliphatic heterocycles. The number of ketones is 1. The van der Waals surface area contributed by atoms with E-state index in [0.717, 1.165) is 4.90 Å². The van der Waals surface area contributed by atoms with Gasteiger partial charge in [0.05, 0.1) is 6.61 Å². The lowest BCUT2D eigenvalue weighted by atomic mass is 9.89. The van der Waals surface area contributed by atoms with Crippen LogP contribution in [0.15, 0.2) is 24.3 Å². The number of amides is 3. The molecule has 1 saturated carbocycles. The molecular weight excluding hydrogens is 394 g/mol. The number of nitrogens with zero attached hydrogens (tertiary/aromatic N) is 1. The highest BCUT2D eigenvalue weighted by atomic mass is 16.5. The highest BCUT2D eigenvalue weighted by molar-refractivity contribution is 6.21. The first-order valence-electron chi connectivity index (χ1n) is 9.60. The van der Waals surface area contributed by atoms with Crippen molar-refractivity contribution in [3.05, 3.63) is 29.8 Å². The van der Waals surface area contributed by atoms with Crippen LogP contribution in [-0.4, -0.2) is 58.7 Å². The highest BCUT2D eigenvalue weighted by Crippen LogP contribution is 2.30. The lowest BCUT2D eigenvalue weighted by Crippen LogP contribution is -2.59. The molecule has 0 aromatic heterocycles. The number of carbonyl (C=O) groups excluding carboxylic acids is 4. The molecule has 30 heavy (non-hydrogen) atoms. The van der Waals surface area contributed by atoms with Gasteiger partial charge in [-0.05, 0) is 36.5 Å². The van der Waals surface area contributed by atoms with Crippen LogP contribution < -0.4 is 15.8 Å². The number of rotatable bonds is 9. The number of aliphatic carboxylic acids is 1. The van der Waals surface area contributed by atoms with Crippen molar-refractivity contribution in [1.82, 2.24) is 10.2 Å². The molecular formula is C20H23N3O7. The summed E-state index contributed by atoms with van der Waals surface area (Å²) in [5.41, 5.74) is 6.03. The predicted molar refractivity (Wildman–Crippen MR) is 102 cm³/mol. The number of Topliss-reactive ketones (excluding diaryl/α,β-unsaturated/α-hetero) is 1. The maximum Gasteiger partial charge on any atom is 0.322 e. The summed E-state index contributed by atoms with van der Waals surface area (Å²) < 4.78 is 5.66. The maximum absolute atomic E-state index is 12.9. The molecule has 0 bridgehead atoms. The van der Waals surface area contributed by atoms with Crippen molar-refractivity contribution < 1.29 is 33.8 Å². The summed E-state index contributed by atoms with van der Waals surface area (Å²) in [6.07, 6.45) is 1.93. The number of carboxylic acids is 1. The molecule has 1 aliphatic carbocycles. The Morgan fingerprint density at radius 2 is 1.83 bits per heavy atom. The highest BCUT2D eigenvalue weighted by Gasteiger charge is 2.46. The second-order valence-corrected chi connectivity index (χ2v) is 7.50. The zero-order valence-electron chi connectivity index (χ0n) is 16.2. The molecule has 1 saturated heterocycles. The second kappa shape index (κ2) is 8.93. The van der Waals surface area contributed by atoms with Gasteiger partial charge in [-0.2, -0.15) is 0 Å². The van der Waals surface area contributed by atoms with Crippen LogP contribution in [0.4, 0.5) is 0 Å². The van der Waals surface area contributed by atoms with Gasteiger partial charge < -0.3 is 25.8 Å². The summed E-state index contributed by atoms with van der Waals surface area (Å²) in [5.74, 6) is -5.25. The van der Waals surface area contributed by atoms with E-state index in [9.17, 15) is 24.0 Å². The summed E-state index contributed by atoms with van der Waals surface area (Å²) in [6, 6.07) is 5.76. The summed E-state index contributed by atoms with van der Waals surface area (Å²) >= 11 is 0. The van der Waals surface area contributed by atoms with Crippen LogP contribution in [0.5, 0.6) is 5.75 Å². The van der Waals surface area contributed by atoms with Crippen molar-refractivity contribution in [2.24, 2.45) is 17.6 Å². The number of likely N-dealkylation sites (tertiary alicyclic amines) is 1. The van der Waals surface area contributed by atoms with Crippen molar-refractivity contribution in [3.63, 3.8) is 0 Å². The average Bonchev–Trinajstić information content (AvgIpc) is 3.52. The first-order valence-corrected chi connectivity index (χ1v) is 9.60. The summed E-state index contributed by atoms with van der Waals surface area (Å²) in [5, 5.41) is 10.7. The molecule has 3 amide bonds. The third-order valence-corrected chi connectivity index (χ3v) is 5.09. The fourth-order valence-electron chi connectivity index (χ4n) is 3.23. The van der Waals surface area contributed by atoms with E-state index in [1.54, 1.807) is 24.3 Å². The SMILES string of the molecule is NC(=O)[C@H]1CC(=O)C(C(=O)NCC(=O)O)C(=O)N1Cc1ccc(OCC2CC2)cc1. The number of nitrogens with one attached hydrogen (secondary N) is 1. The van der Waals surface area contributed by atoms with Gasteiger partial charge in [-0.3, -0.25) is 24.0 Å². The summed E-state index contributed by atoms with van der Waals surface area (Å²) in [6.45, 7) is -0.105. The monoisotopic (exact) mass is 417 g/mol.